The van der Waals surface area contributed by atoms with E-state index in [4.69, 9.17) is 0 Å². The Morgan fingerprint density at radius 1 is 1.07 bits per heavy atom. The molecule has 0 atom stereocenters. The summed E-state index contributed by atoms with van der Waals surface area (Å²) in [6.07, 6.45) is 3.88. The van der Waals surface area contributed by atoms with Gasteiger partial charge >= 0.3 is 0 Å². The van der Waals surface area contributed by atoms with Gasteiger partial charge in [0.2, 0.25) is 0 Å². The van der Waals surface area contributed by atoms with Crippen molar-refractivity contribution < 1.29 is 4.79 Å². The lowest BCUT2D eigenvalue weighted by Gasteiger charge is -2.30. The van der Waals surface area contributed by atoms with Crippen LogP contribution in [-0.4, -0.2) is 17.4 Å². The van der Waals surface area contributed by atoms with Crippen LogP contribution in [0.1, 0.15) is 33.5 Å². The van der Waals surface area contributed by atoms with Crippen molar-refractivity contribution in [2.45, 2.75) is 26.3 Å². The number of amides is 1. The van der Waals surface area contributed by atoms with Crippen LogP contribution in [0.2, 0.25) is 0 Å². The summed E-state index contributed by atoms with van der Waals surface area (Å²) in [6.45, 7) is 3.52. The van der Waals surface area contributed by atoms with Crippen LogP contribution in [0.15, 0.2) is 66.9 Å². The number of para-hydroxylation sites is 1. The molecule has 1 aromatic heterocycles. The Morgan fingerprint density at radius 3 is 2.70 bits per heavy atom. The highest BCUT2D eigenvalue weighted by Gasteiger charge is 2.19. The Bertz CT molecular complexity index is 950. The quantitative estimate of drug-likeness (QED) is 0.752. The molecular weight excluding hydrogens is 334 g/mol. The molecule has 0 saturated heterocycles. The van der Waals surface area contributed by atoms with E-state index in [0.29, 0.717) is 12.1 Å². The first-order valence-electron chi connectivity index (χ1n) is 9.36. The predicted molar refractivity (Wildman–Crippen MR) is 108 cm³/mol. The maximum absolute atomic E-state index is 12.5. The zero-order valence-electron chi connectivity index (χ0n) is 15.5. The maximum atomic E-state index is 12.5. The SMILES string of the molecule is Cc1ccccc1CNC(=O)c1ccc(N2CCCc3ccccc32)nc1. The number of nitrogens with one attached hydrogen (secondary N) is 1. The van der Waals surface area contributed by atoms with Gasteiger partial charge in [0.1, 0.15) is 5.82 Å². The summed E-state index contributed by atoms with van der Waals surface area (Å²) in [7, 11) is 0. The van der Waals surface area contributed by atoms with E-state index in [1.807, 2.05) is 43.3 Å². The van der Waals surface area contributed by atoms with E-state index in [9.17, 15) is 4.79 Å². The van der Waals surface area contributed by atoms with Gasteiger partial charge in [0, 0.05) is 25.0 Å². The fraction of sp³-hybridized carbons (Fsp3) is 0.217. The molecule has 0 aliphatic carbocycles. The lowest BCUT2D eigenvalue weighted by atomic mass is 10.0. The number of rotatable bonds is 4. The van der Waals surface area contributed by atoms with E-state index in [1.54, 1.807) is 6.20 Å². The Kier molecular flexibility index (Phi) is 4.88. The minimum absolute atomic E-state index is 0.101. The number of benzene rings is 2. The first kappa shape index (κ1) is 17.3. The highest BCUT2D eigenvalue weighted by molar-refractivity contribution is 5.94. The normalized spacial score (nSPS) is 13.1. The molecule has 4 nitrogen and oxygen atoms in total. The van der Waals surface area contributed by atoms with Crippen molar-refractivity contribution in [2.24, 2.45) is 0 Å². The molecule has 1 aliphatic heterocycles. The van der Waals surface area contributed by atoms with E-state index < -0.39 is 0 Å². The number of fused-ring (bicyclic) bond motifs is 1. The maximum Gasteiger partial charge on any atom is 0.253 e. The van der Waals surface area contributed by atoms with Gasteiger partial charge in [0.05, 0.1) is 5.56 Å². The summed E-state index contributed by atoms with van der Waals surface area (Å²) in [4.78, 5) is 19.2. The molecule has 3 aromatic rings. The topological polar surface area (TPSA) is 45.2 Å². The number of hydrogen-bond acceptors (Lipinski definition) is 3. The molecule has 2 aromatic carbocycles. The van der Waals surface area contributed by atoms with Crippen LogP contribution in [0.25, 0.3) is 0 Å². The molecule has 0 unspecified atom stereocenters. The second-order valence-electron chi connectivity index (χ2n) is 6.90. The van der Waals surface area contributed by atoms with Gasteiger partial charge in [0.25, 0.3) is 5.91 Å². The summed E-state index contributed by atoms with van der Waals surface area (Å²) in [6, 6.07) is 20.3. The molecule has 2 heterocycles. The van der Waals surface area contributed by atoms with Crippen LogP contribution in [0.4, 0.5) is 11.5 Å². The number of carbonyl (C=O) groups excluding carboxylic acids is 1. The zero-order chi connectivity index (χ0) is 18.6. The van der Waals surface area contributed by atoms with Crippen LogP contribution >= 0.6 is 0 Å². The minimum atomic E-state index is -0.101. The zero-order valence-corrected chi connectivity index (χ0v) is 15.5. The van der Waals surface area contributed by atoms with Crippen molar-refractivity contribution >= 4 is 17.4 Å². The van der Waals surface area contributed by atoms with Crippen molar-refractivity contribution in [2.75, 3.05) is 11.4 Å². The number of nitrogens with zero attached hydrogens (tertiary/aromatic N) is 2. The monoisotopic (exact) mass is 357 g/mol. The van der Waals surface area contributed by atoms with Crippen LogP contribution in [0.5, 0.6) is 0 Å². The Morgan fingerprint density at radius 2 is 1.89 bits per heavy atom. The molecular formula is C23H23N3O. The average molecular weight is 357 g/mol. The third kappa shape index (κ3) is 3.70. The van der Waals surface area contributed by atoms with Gasteiger partial charge in [-0.25, -0.2) is 4.98 Å². The standard InChI is InChI=1S/C23H23N3O/c1-17-7-2-3-9-19(17)15-25-23(27)20-12-13-22(24-16-20)26-14-6-10-18-8-4-5-11-21(18)26/h2-5,7-9,11-13,16H,6,10,14-15H2,1H3,(H,25,27). The molecule has 0 saturated carbocycles. The van der Waals surface area contributed by atoms with Gasteiger partial charge in [-0.1, -0.05) is 42.5 Å². The smallest absolute Gasteiger partial charge is 0.253 e. The van der Waals surface area contributed by atoms with E-state index >= 15 is 0 Å². The van der Waals surface area contributed by atoms with Crippen molar-refractivity contribution in [3.63, 3.8) is 0 Å². The van der Waals surface area contributed by atoms with Crippen molar-refractivity contribution in [1.82, 2.24) is 10.3 Å². The molecule has 0 radical (unpaired) electrons. The largest absolute Gasteiger partial charge is 0.348 e. The second-order valence-corrected chi connectivity index (χ2v) is 6.90. The third-order valence-electron chi connectivity index (χ3n) is 5.10. The van der Waals surface area contributed by atoms with Gasteiger partial charge in [-0.05, 0) is 54.7 Å². The van der Waals surface area contributed by atoms with Crippen molar-refractivity contribution in [3.05, 3.63) is 89.1 Å². The first-order chi connectivity index (χ1) is 13.2. The van der Waals surface area contributed by atoms with E-state index in [1.165, 1.54) is 16.8 Å². The first-order valence-corrected chi connectivity index (χ1v) is 9.36. The van der Waals surface area contributed by atoms with Crippen LogP contribution < -0.4 is 10.2 Å². The summed E-state index contributed by atoms with van der Waals surface area (Å²) in [5.41, 5.74) is 5.45. The molecule has 4 heteroatoms. The average Bonchev–Trinajstić information content (AvgIpc) is 2.73. The number of aromatic nitrogens is 1. The van der Waals surface area contributed by atoms with Crippen molar-refractivity contribution in [1.29, 1.82) is 0 Å². The Hall–Kier alpha value is -3.14. The lowest BCUT2D eigenvalue weighted by Crippen LogP contribution is -2.26. The number of anilines is 2. The fourth-order valence-corrected chi connectivity index (χ4v) is 3.54. The number of carbonyl (C=O) groups is 1. The molecule has 1 N–H and O–H groups in total. The van der Waals surface area contributed by atoms with Gasteiger partial charge < -0.3 is 10.2 Å². The minimum Gasteiger partial charge on any atom is -0.348 e. The van der Waals surface area contributed by atoms with Crippen molar-refractivity contribution in [3.8, 4) is 0 Å². The highest BCUT2D eigenvalue weighted by atomic mass is 16.1. The Balaban J connectivity index is 1.46. The third-order valence-corrected chi connectivity index (χ3v) is 5.10. The van der Waals surface area contributed by atoms with E-state index in [-0.39, 0.29) is 5.91 Å². The molecule has 27 heavy (non-hydrogen) atoms. The van der Waals surface area contributed by atoms with Gasteiger partial charge in [-0.2, -0.15) is 0 Å². The van der Waals surface area contributed by atoms with Crippen LogP contribution in [0, 0.1) is 6.92 Å². The van der Waals surface area contributed by atoms with Gasteiger partial charge in [-0.15, -0.1) is 0 Å². The van der Waals surface area contributed by atoms with E-state index in [0.717, 1.165) is 30.8 Å². The summed E-state index contributed by atoms with van der Waals surface area (Å²) >= 11 is 0. The summed E-state index contributed by atoms with van der Waals surface area (Å²) in [5, 5.41) is 2.98. The molecule has 136 valence electrons. The predicted octanol–water partition coefficient (Wildman–Crippen LogP) is 4.40. The molecule has 1 aliphatic rings. The molecule has 0 bridgehead atoms. The van der Waals surface area contributed by atoms with Gasteiger partial charge in [-0.3, -0.25) is 4.79 Å². The number of hydrogen-bond donors (Lipinski definition) is 1. The highest BCUT2D eigenvalue weighted by Crippen LogP contribution is 2.32. The summed E-state index contributed by atoms with van der Waals surface area (Å²) < 4.78 is 0. The Labute approximate surface area is 159 Å². The molecule has 4 rings (SSSR count). The molecule has 0 fully saturated rings. The second kappa shape index (κ2) is 7.62. The number of pyridine rings is 1. The lowest BCUT2D eigenvalue weighted by molar-refractivity contribution is 0.0950. The number of aryl methyl sites for hydroxylation is 2. The molecule has 0 spiro atoms. The van der Waals surface area contributed by atoms with Gasteiger partial charge in [0.15, 0.2) is 0 Å². The summed E-state index contributed by atoms with van der Waals surface area (Å²) in [5.74, 6) is 0.786. The van der Waals surface area contributed by atoms with E-state index in [2.05, 4.69) is 39.5 Å². The molecule has 1 amide bonds. The van der Waals surface area contributed by atoms with Crippen LogP contribution in [0.3, 0.4) is 0 Å². The fourth-order valence-electron chi connectivity index (χ4n) is 3.54. The van der Waals surface area contributed by atoms with Crippen LogP contribution in [-0.2, 0) is 13.0 Å².